The second kappa shape index (κ2) is 15.0. The van der Waals surface area contributed by atoms with E-state index in [9.17, 15) is 0 Å². The molecule has 6 aliphatic carbocycles. The summed E-state index contributed by atoms with van der Waals surface area (Å²) in [5.41, 5.74) is 4.84. The molecule has 274 valence electrons. The van der Waals surface area contributed by atoms with Crippen molar-refractivity contribution in [3.63, 3.8) is 0 Å². The fourth-order valence-electron chi connectivity index (χ4n) is 11.1. The monoisotopic (exact) mass is 798 g/mol. The van der Waals surface area contributed by atoms with Gasteiger partial charge in [0, 0.05) is 10.8 Å². The Bertz CT molecular complexity index is 1710. The summed E-state index contributed by atoms with van der Waals surface area (Å²) in [6.45, 7) is 31.4. The molecule has 0 nitrogen and oxygen atoms in total. The predicted octanol–water partition coefficient (Wildman–Crippen LogP) is 6.79. The molecular formula is C48H62Cl2Zr-2. The van der Waals surface area contributed by atoms with E-state index in [1.165, 1.54) is 50.6 Å². The van der Waals surface area contributed by atoms with E-state index in [0.29, 0.717) is 17.3 Å². The van der Waals surface area contributed by atoms with Crippen LogP contribution in [0.15, 0.2) is 120 Å². The fourth-order valence-corrected chi connectivity index (χ4v) is 11.6. The molecule has 0 aromatic heterocycles. The van der Waals surface area contributed by atoms with Gasteiger partial charge in [0.15, 0.2) is 0 Å². The van der Waals surface area contributed by atoms with Crippen LogP contribution in [0, 0.1) is 67.7 Å². The van der Waals surface area contributed by atoms with Crippen LogP contribution in [0.25, 0.3) is 0 Å². The van der Waals surface area contributed by atoms with Crippen molar-refractivity contribution in [2.45, 2.75) is 96.4 Å². The molecular weight excluding hydrogens is 739 g/mol. The molecule has 3 heteroatoms. The summed E-state index contributed by atoms with van der Waals surface area (Å²) in [5.74, 6) is 1.03. The van der Waals surface area contributed by atoms with Gasteiger partial charge in [-0.2, -0.15) is 11.6 Å². The van der Waals surface area contributed by atoms with Crippen LogP contribution in [0.1, 0.15) is 102 Å². The van der Waals surface area contributed by atoms with Crippen molar-refractivity contribution in [2.24, 2.45) is 55.2 Å². The smallest absolute Gasteiger partial charge is 1.00 e. The Labute approximate surface area is 340 Å². The number of rotatable bonds is 2. The third-order valence-corrected chi connectivity index (χ3v) is 16.1. The molecule has 9 unspecified atom stereocenters. The largest absolute Gasteiger partial charge is 1.00 e. The van der Waals surface area contributed by atoms with Crippen molar-refractivity contribution >= 4 is 3.21 Å². The number of halogens is 2. The minimum Gasteiger partial charge on any atom is -1.00 e. The van der Waals surface area contributed by atoms with Gasteiger partial charge in [0.1, 0.15) is 0 Å². The van der Waals surface area contributed by atoms with Gasteiger partial charge in [-0.3, -0.25) is 6.08 Å². The Morgan fingerprint density at radius 2 is 1.29 bits per heavy atom. The zero-order chi connectivity index (χ0) is 36.3. The van der Waals surface area contributed by atoms with Crippen molar-refractivity contribution in [1.29, 1.82) is 0 Å². The standard InChI is InChI=1S/C29H37.C11H17.C8H8.2ClH.Zr/c1-21-14-13-15-22-20-27(6)25(4)18-10-9-16-23(25,2)24(3)17-11-12-19-26(24,5)29(27,8)28(21,22)7;1-5-9-6-7-10(8-9)11(2,3)4;1-2-8-6-4-3-5-7-8;;;/h9-20,22H,1-8H3;7-9H,5H2,1-4H3;3-7H,1H3;2*1H;/q2*-1;;;;+2/p-2. The van der Waals surface area contributed by atoms with Crippen LogP contribution in [0.4, 0.5) is 0 Å². The normalized spacial score (nSPS) is 40.4. The molecule has 0 heterocycles. The van der Waals surface area contributed by atoms with E-state index in [1.54, 1.807) is 0 Å². The molecule has 0 bridgehead atoms. The summed E-state index contributed by atoms with van der Waals surface area (Å²) in [6, 6.07) is 10.5. The predicted molar refractivity (Wildman–Crippen MR) is 209 cm³/mol. The first-order chi connectivity index (χ1) is 22.7. The van der Waals surface area contributed by atoms with Crippen LogP contribution in [0.3, 0.4) is 0 Å². The van der Waals surface area contributed by atoms with E-state index in [1.807, 2.05) is 6.07 Å². The van der Waals surface area contributed by atoms with Crippen molar-refractivity contribution in [2.75, 3.05) is 0 Å². The molecule has 0 radical (unpaired) electrons. The van der Waals surface area contributed by atoms with Gasteiger partial charge < -0.3 is 31.2 Å². The van der Waals surface area contributed by atoms with Crippen LogP contribution < -0.4 is 24.8 Å². The molecule has 7 rings (SSSR count). The van der Waals surface area contributed by atoms with E-state index in [2.05, 4.69) is 206 Å². The van der Waals surface area contributed by atoms with Crippen LogP contribution in [0.2, 0.25) is 0 Å². The summed E-state index contributed by atoms with van der Waals surface area (Å²) >= 11 is 1.51. The second-order valence-corrected chi connectivity index (χ2v) is 19.7. The van der Waals surface area contributed by atoms with Crippen molar-refractivity contribution in [3.8, 4) is 0 Å². The van der Waals surface area contributed by atoms with Gasteiger partial charge in [0.25, 0.3) is 0 Å². The van der Waals surface area contributed by atoms with Gasteiger partial charge in [0.2, 0.25) is 0 Å². The molecule has 0 N–H and O–H groups in total. The first-order valence-electron chi connectivity index (χ1n) is 18.6. The van der Waals surface area contributed by atoms with Crippen LogP contribution in [0.5, 0.6) is 0 Å². The average Bonchev–Trinajstić information content (AvgIpc) is 3.63. The molecule has 1 aromatic rings. The molecule has 51 heavy (non-hydrogen) atoms. The van der Waals surface area contributed by atoms with E-state index >= 15 is 0 Å². The number of hydrogen-bond donors (Lipinski definition) is 0. The van der Waals surface area contributed by atoms with Gasteiger partial charge >= 0.3 is 70.3 Å². The molecule has 2 fully saturated rings. The first kappa shape index (κ1) is 43.9. The summed E-state index contributed by atoms with van der Waals surface area (Å²) in [6.07, 6.45) is 38.3. The first-order valence-corrected chi connectivity index (χ1v) is 19.8. The summed E-state index contributed by atoms with van der Waals surface area (Å²) < 4.78 is 1.46. The van der Waals surface area contributed by atoms with E-state index in [-0.39, 0.29) is 62.7 Å². The maximum atomic E-state index is 3.35. The zero-order valence-corrected chi connectivity index (χ0v) is 37.6. The van der Waals surface area contributed by atoms with Gasteiger partial charge in [-0.05, 0) is 28.6 Å². The molecule has 0 saturated heterocycles. The number of allylic oxidation sites excluding steroid dienone is 16. The van der Waals surface area contributed by atoms with E-state index in [4.69, 9.17) is 0 Å². The average molecular weight is 801 g/mol. The zero-order valence-electron chi connectivity index (χ0n) is 33.6. The van der Waals surface area contributed by atoms with Crippen LogP contribution in [-0.2, 0) is 24.2 Å². The Balaban J connectivity index is 0.000000264. The molecule has 0 aliphatic heterocycles. The van der Waals surface area contributed by atoms with Crippen molar-refractivity contribution in [3.05, 3.63) is 139 Å². The van der Waals surface area contributed by atoms with Gasteiger partial charge in [-0.15, -0.1) is 17.4 Å². The molecule has 1 aromatic carbocycles. The Kier molecular flexibility index (Phi) is 12.9. The number of fused-ring (bicyclic) bond motifs is 8. The third kappa shape index (κ3) is 6.06. The quantitative estimate of drug-likeness (QED) is 0.290. The van der Waals surface area contributed by atoms with Crippen LogP contribution in [-0.4, -0.2) is 3.21 Å². The van der Waals surface area contributed by atoms with E-state index < -0.39 is 0 Å². The summed E-state index contributed by atoms with van der Waals surface area (Å²) in [7, 11) is 0. The van der Waals surface area contributed by atoms with Gasteiger partial charge in [-0.25, -0.2) is 6.08 Å². The van der Waals surface area contributed by atoms with Crippen LogP contribution >= 0.6 is 0 Å². The van der Waals surface area contributed by atoms with E-state index in [0.717, 1.165) is 0 Å². The van der Waals surface area contributed by atoms with Crippen molar-refractivity contribution in [1.82, 2.24) is 0 Å². The number of hydrogen-bond acceptors (Lipinski definition) is 0. The Morgan fingerprint density at radius 3 is 1.75 bits per heavy atom. The summed E-state index contributed by atoms with van der Waals surface area (Å²) in [5, 5.41) is 0. The van der Waals surface area contributed by atoms with Gasteiger partial charge in [0.05, 0.1) is 0 Å². The Morgan fingerprint density at radius 1 is 0.784 bits per heavy atom. The SMILES string of the molecule is CC1=CC=CC2[CH-]C3(C)C4(C)C=CC=CC4(C)C4(C)C=CC=CC4(C)C3(C)C12C.CCC1[C-]=CC(C(C)(C)C)=C1.C[C](=[Zr+2])c1ccccc1.[Cl-].[Cl-]. The molecule has 2 saturated carbocycles. The maximum Gasteiger partial charge on any atom is -1.00 e. The topological polar surface area (TPSA) is 0 Å². The minimum atomic E-state index is 0. The number of benzene rings is 1. The fraction of sp³-hybridized carbons (Fsp3) is 0.500. The summed E-state index contributed by atoms with van der Waals surface area (Å²) in [4.78, 5) is 0. The minimum absolute atomic E-state index is 0. The Hall–Kier alpha value is -1.53. The molecule has 9 atom stereocenters. The molecule has 0 amide bonds. The molecule has 0 spiro atoms. The maximum absolute atomic E-state index is 3.35. The van der Waals surface area contributed by atoms with Crippen molar-refractivity contribution < 1.29 is 49.0 Å². The van der Waals surface area contributed by atoms with Gasteiger partial charge in [-0.1, -0.05) is 160 Å². The molecule has 6 aliphatic rings. The second-order valence-electron chi connectivity index (χ2n) is 17.9. The third-order valence-electron chi connectivity index (χ3n) is 15.4.